The van der Waals surface area contributed by atoms with Crippen LogP contribution in [-0.4, -0.2) is 16.1 Å². The van der Waals surface area contributed by atoms with Crippen LogP contribution in [0.5, 0.6) is 0 Å². The highest BCUT2D eigenvalue weighted by atomic mass is 35.5. The van der Waals surface area contributed by atoms with Gasteiger partial charge < -0.3 is 5.11 Å². The van der Waals surface area contributed by atoms with Gasteiger partial charge in [-0.15, -0.1) is 5.11 Å². The lowest BCUT2D eigenvalue weighted by Gasteiger charge is -1.97. The third kappa shape index (κ3) is 3.78. The van der Waals surface area contributed by atoms with Crippen LogP contribution in [0.2, 0.25) is 0 Å². The molecule has 94 valence electrons. The van der Waals surface area contributed by atoms with Crippen molar-refractivity contribution in [1.82, 2.24) is 0 Å². The third-order valence-electron chi connectivity index (χ3n) is 2.04. The largest absolute Gasteiger partial charge is 0.510 e. The summed E-state index contributed by atoms with van der Waals surface area (Å²) in [5.41, 5.74) is 0.681. The van der Waals surface area contributed by atoms with E-state index in [1.54, 1.807) is 0 Å². The van der Waals surface area contributed by atoms with Gasteiger partial charge in [-0.2, -0.15) is 5.11 Å². The van der Waals surface area contributed by atoms with Gasteiger partial charge in [0.25, 0.3) is 5.24 Å². The summed E-state index contributed by atoms with van der Waals surface area (Å²) in [6.45, 7) is 2.63. The molecule has 1 aromatic carbocycles. The van der Waals surface area contributed by atoms with Crippen LogP contribution in [0.4, 0.5) is 5.69 Å². The Balaban J connectivity index is 2.94. The second-order valence-corrected chi connectivity index (χ2v) is 3.85. The molecule has 0 heterocycles. The number of nitrogens with zero attached hydrogens (tertiary/aromatic N) is 2. The van der Waals surface area contributed by atoms with Gasteiger partial charge >= 0.3 is 0 Å². The lowest BCUT2D eigenvalue weighted by atomic mass is 10.2. The molecule has 0 atom stereocenters. The molecule has 0 radical (unpaired) electrons. The fraction of sp³-hybridized carbons (Fsp3) is 0.167. The average molecular weight is 267 g/mol. The summed E-state index contributed by atoms with van der Waals surface area (Å²) in [6.07, 6.45) is 0. The zero-order valence-electron chi connectivity index (χ0n) is 9.85. The maximum Gasteiger partial charge on any atom is 0.252 e. The quantitative estimate of drug-likeness (QED) is 0.392. The van der Waals surface area contributed by atoms with Crippen LogP contribution in [-0.2, 0) is 4.79 Å². The fourth-order valence-corrected chi connectivity index (χ4v) is 1.29. The highest BCUT2D eigenvalue weighted by molar-refractivity contribution is 6.67. The first-order chi connectivity index (χ1) is 8.41. The van der Waals surface area contributed by atoms with Crippen molar-refractivity contribution in [3.63, 3.8) is 0 Å². The molecule has 0 aromatic heterocycles. The summed E-state index contributed by atoms with van der Waals surface area (Å²) in [6, 6.07) is 6.05. The number of aliphatic hydroxyl groups excluding tert-OH is 1. The standard InChI is InChI=1S/C12H11ClN2O3/c1-7(16)11(8(2)17)15-14-10-5-3-9(4-6-10)12(13)18/h3-6,16H,1-2H3/b11-7-,15-14?. The van der Waals surface area contributed by atoms with E-state index in [0.29, 0.717) is 11.3 Å². The molecule has 0 fully saturated rings. The van der Waals surface area contributed by atoms with Crippen LogP contribution in [0, 0.1) is 0 Å². The number of benzene rings is 1. The van der Waals surface area contributed by atoms with Crippen LogP contribution in [0.25, 0.3) is 0 Å². The number of carbonyl (C=O) groups is 2. The molecule has 0 spiro atoms. The fourth-order valence-electron chi connectivity index (χ4n) is 1.16. The van der Waals surface area contributed by atoms with Crippen molar-refractivity contribution in [3.05, 3.63) is 41.3 Å². The van der Waals surface area contributed by atoms with Crippen molar-refractivity contribution in [2.24, 2.45) is 10.2 Å². The summed E-state index contributed by atoms with van der Waals surface area (Å²) in [4.78, 5) is 21.9. The Hall–Kier alpha value is -2.01. The molecule has 1 N–H and O–H groups in total. The monoisotopic (exact) mass is 266 g/mol. The predicted octanol–water partition coefficient (Wildman–Crippen LogP) is 3.53. The number of aliphatic hydroxyl groups is 1. The van der Waals surface area contributed by atoms with E-state index < -0.39 is 5.24 Å². The van der Waals surface area contributed by atoms with Crippen LogP contribution in [0.1, 0.15) is 24.2 Å². The summed E-state index contributed by atoms with van der Waals surface area (Å²) < 4.78 is 0. The Morgan fingerprint density at radius 3 is 2.11 bits per heavy atom. The third-order valence-corrected chi connectivity index (χ3v) is 2.25. The maximum absolute atomic E-state index is 11.1. The molecule has 1 aromatic rings. The van der Waals surface area contributed by atoms with Crippen molar-refractivity contribution < 1.29 is 14.7 Å². The predicted molar refractivity (Wildman–Crippen MR) is 67.2 cm³/mol. The topological polar surface area (TPSA) is 79.1 Å². The molecule has 18 heavy (non-hydrogen) atoms. The number of allylic oxidation sites excluding steroid dienone is 2. The van der Waals surface area contributed by atoms with Crippen LogP contribution in [0.3, 0.4) is 0 Å². The molecule has 0 unspecified atom stereocenters. The van der Waals surface area contributed by atoms with Crippen molar-refractivity contribution in [2.75, 3.05) is 0 Å². The van der Waals surface area contributed by atoms with E-state index >= 15 is 0 Å². The second kappa shape index (κ2) is 6.07. The van der Waals surface area contributed by atoms with Gasteiger partial charge in [0.1, 0.15) is 5.76 Å². The number of rotatable bonds is 4. The summed E-state index contributed by atoms with van der Waals surface area (Å²) in [5.74, 6) is -0.579. The summed E-state index contributed by atoms with van der Waals surface area (Å²) >= 11 is 5.29. The SMILES string of the molecule is CC(=O)/C(N=Nc1ccc(C(=O)Cl)cc1)=C(\C)O. The number of hydrogen-bond donors (Lipinski definition) is 1. The molecular weight excluding hydrogens is 256 g/mol. The number of hydrogen-bond acceptors (Lipinski definition) is 5. The Labute approximate surface area is 109 Å². The smallest absolute Gasteiger partial charge is 0.252 e. The van der Waals surface area contributed by atoms with Crippen LogP contribution >= 0.6 is 11.6 Å². The van der Waals surface area contributed by atoms with Crippen LogP contribution < -0.4 is 0 Å². The Kier molecular flexibility index (Phi) is 4.74. The maximum atomic E-state index is 11.1. The first-order valence-corrected chi connectivity index (χ1v) is 5.42. The Morgan fingerprint density at radius 2 is 1.72 bits per heavy atom. The van der Waals surface area contributed by atoms with Gasteiger partial charge in [-0.1, -0.05) is 0 Å². The van der Waals surface area contributed by atoms with Gasteiger partial charge in [0.2, 0.25) is 0 Å². The zero-order valence-corrected chi connectivity index (χ0v) is 10.6. The number of azo groups is 1. The normalized spacial score (nSPS) is 12.4. The minimum atomic E-state index is -0.561. The van der Waals surface area contributed by atoms with E-state index in [4.69, 9.17) is 11.6 Å². The van der Waals surface area contributed by atoms with Gasteiger partial charge in [-0.3, -0.25) is 9.59 Å². The van der Waals surface area contributed by atoms with Crippen molar-refractivity contribution >= 4 is 28.3 Å². The van der Waals surface area contributed by atoms with Gasteiger partial charge in [-0.25, -0.2) is 0 Å². The number of ketones is 1. The molecule has 0 aliphatic carbocycles. The van der Waals surface area contributed by atoms with Crippen molar-refractivity contribution in [1.29, 1.82) is 0 Å². The van der Waals surface area contributed by atoms with E-state index in [-0.39, 0.29) is 17.2 Å². The van der Waals surface area contributed by atoms with Crippen LogP contribution in [0.15, 0.2) is 46.0 Å². The Bertz CT molecular complexity index is 529. The molecule has 0 saturated carbocycles. The first-order valence-electron chi connectivity index (χ1n) is 5.04. The lowest BCUT2D eigenvalue weighted by Crippen LogP contribution is -1.96. The van der Waals surface area contributed by atoms with E-state index in [1.165, 1.54) is 38.1 Å². The average Bonchev–Trinajstić information content (AvgIpc) is 2.28. The van der Waals surface area contributed by atoms with E-state index in [9.17, 15) is 14.7 Å². The van der Waals surface area contributed by atoms with E-state index in [2.05, 4.69) is 10.2 Å². The molecule has 0 bridgehead atoms. The first kappa shape index (κ1) is 14.1. The zero-order chi connectivity index (χ0) is 13.7. The minimum absolute atomic E-state index is 0.104. The molecule has 0 saturated heterocycles. The molecule has 5 nitrogen and oxygen atoms in total. The molecule has 0 aliphatic rings. The van der Waals surface area contributed by atoms with Crippen molar-refractivity contribution in [2.45, 2.75) is 13.8 Å². The number of carbonyl (C=O) groups excluding carboxylic acids is 2. The molecule has 0 aliphatic heterocycles. The number of Topliss-reactive ketones (excluding diaryl/α,β-unsaturated/α-hetero) is 1. The van der Waals surface area contributed by atoms with Gasteiger partial charge in [0.15, 0.2) is 11.5 Å². The highest BCUT2D eigenvalue weighted by Crippen LogP contribution is 2.17. The number of halogens is 1. The molecule has 1 rings (SSSR count). The summed E-state index contributed by atoms with van der Waals surface area (Å²) in [7, 11) is 0. The highest BCUT2D eigenvalue weighted by Gasteiger charge is 2.06. The molecule has 6 heteroatoms. The van der Waals surface area contributed by atoms with E-state index in [0.717, 1.165) is 0 Å². The Morgan fingerprint density at radius 1 is 1.17 bits per heavy atom. The minimum Gasteiger partial charge on any atom is -0.510 e. The van der Waals surface area contributed by atoms with Gasteiger partial charge in [0, 0.05) is 12.5 Å². The lowest BCUT2D eigenvalue weighted by molar-refractivity contribution is -0.113. The second-order valence-electron chi connectivity index (χ2n) is 3.51. The van der Waals surface area contributed by atoms with Crippen molar-refractivity contribution in [3.8, 4) is 0 Å². The van der Waals surface area contributed by atoms with Gasteiger partial charge in [0.05, 0.1) is 5.69 Å². The molecule has 0 amide bonds. The molecular formula is C12H11ClN2O3. The van der Waals surface area contributed by atoms with E-state index in [1.807, 2.05) is 0 Å². The van der Waals surface area contributed by atoms with Gasteiger partial charge in [-0.05, 0) is 42.8 Å². The summed E-state index contributed by atoms with van der Waals surface area (Å²) in [5, 5.41) is 16.1.